The lowest BCUT2D eigenvalue weighted by Crippen LogP contribution is -2.67. The number of imidazole rings is 1. The number of aromatic amines is 1. The van der Waals surface area contributed by atoms with Crippen LogP contribution in [0.25, 0.3) is 11.3 Å². The monoisotopic (exact) mass is 820 g/mol. The van der Waals surface area contributed by atoms with Crippen molar-refractivity contribution in [1.29, 1.82) is 0 Å². The summed E-state index contributed by atoms with van der Waals surface area (Å²) in [5.41, 5.74) is 1.95. The molecule has 2 aromatic rings. The first-order chi connectivity index (χ1) is 28.3. The highest BCUT2D eigenvalue weighted by Crippen LogP contribution is 2.79. The summed E-state index contributed by atoms with van der Waals surface area (Å²) >= 11 is 0. The van der Waals surface area contributed by atoms with E-state index in [1.807, 2.05) is 26.1 Å². The molecule has 8 fully saturated rings. The van der Waals surface area contributed by atoms with Crippen molar-refractivity contribution in [1.82, 2.24) is 14.9 Å². The van der Waals surface area contributed by atoms with Gasteiger partial charge in [-0.15, -0.1) is 0 Å². The van der Waals surface area contributed by atoms with Gasteiger partial charge in [-0.2, -0.15) is 0 Å². The molecule has 0 spiro atoms. The number of carboxylic acid groups (broad SMARTS) is 1. The number of fused-ring (bicyclic) bond motifs is 7. The minimum absolute atomic E-state index is 0.0111. The number of aliphatic carboxylic acids is 1. The molecule has 326 valence electrons. The Balaban J connectivity index is 0.915. The zero-order valence-electron chi connectivity index (χ0n) is 37.9. The second-order valence-corrected chi connectivity index (χ2v) is 24.1. The summed E-state index contributed by atoms with van der Waals surface area (Å²) in [5, 5.41) is 9.72. The quantitative estimate of drug-likeness (QED) is 0.269. The first kappa shape index (κ1) is 40.9. The molecule has 1 amide bonds. The summed E-state index contributed by atoms with van der Waals surface area (Å²) in [6.45, 7) is 20.0. The third kappa shape index (κ3) is 5.51. The highest BCUT2D eigenvalue weighted by molar-refractivity contribution is 5.85. The van der Waals surface area contributed by atoms with E-state index in [-0.39, 0.29) is 51.1 Å². The second-order valence-electron chi connectivity index (χ2n) is 24.1. The summed E-state index contributed by atoms with van der Waals surface area (Å²) < 4.78 is 6.49. The van der Waals surface area contributed by atoms with Gasteiger partial charge in [-0.1, -0.05) is 85.7 Å². The Morgan fingerprint density at radius 3 is 2.20 bits per heavy atom. The van der Waals surface area contributed by atoms with E-state index in [0.717, 1.165) is 75.0 Å². The van der Waals surface area contributed by atoms with Crippen LogP contribution in [0.15, 0.2) is 36.5 Å². The highest BCUT2D eigenvalue weighted by atomic mass is 16.5. The molecule has 7 aliphatic carbocycles. The maximum atomic E-state index is 15.7. The van der Waals surface area contributed by atoms with Gasteiger partial charge in [0.25, 0.3) is 0 Å². The van der Waals surface area contributed by atoms with Crippen molar-refractivity contribution in [2.45, 2.75) is 164 Å². The molecule has 7 saturated carbocycles. The van der Waals surface area contributed by atoms with Gasteiger partial charge in [0.1, 0.15) is 11.9 Å². The van der Waals surface area contributed by atoms with Gasteiger partial charge in [-0.3, -0.25) is 14.4 Å². The molecule has 8 heteroatoms. The number of benzene rings is 1. The number of likely N-dealkylation sites (tertiary alicyclic amines) is 1. The molecule has 0 radical (unpaired) electrons. The number of hydrogen-bond acceptors (Lipinski definition) is 5. The first-order valence-electron chi connectivity index (χ1n) is 24.2. The molecule has 13 atom stereocenters. The third-order valence-electron chi connectivity index (χ3n) is 21.4. The van der Waals surface area contributed by atoms with Crippen LogP contribution in [0.3, 0.4) is 0 Å². The largest absolute Gasteiger partial charge is 0.481 e. The zero-order chi connectivity index (χ0) is 42.4. The Kier molecular flexibility index (Phi) is 9.15. The van der Waals surface area contributed by atoms with Crippen LogP contribution in [0.5, 0.6) is 0 Å². The van der Waals surface area contributed by atoms with Gasteiger partial charge in [0.05, 0.1) is 35.2 Å². The summed E-state index contributed by atoms with van der Waals surface area (Å²) in [7, 11) is 0. The van der Waals surface area contributed by atoms with Crippen LogP contribution in [-0.2, 0) is 19.1 Å². The Morgan fingerprint density at radius 2 is 1.50 bits per heavy atom. The number of ether oxygens (including phenoxy) is 1. The molecule has 10 rings (SSSR count). The molecule has 1 aliphatic heterocycles. The van der Waals surface area contributed by atoms with Crippen LogP contribution in [-0.4, -0.2) is 50.5 Å². The fourth-order valence-electron chi connectivity index (χ4n) is 17.3. The van der Waals surface area contributed by atoms with Crippen molar-refractivity contribution in [2.24, 2.45) is 79.3 Å². The normalized spacial score (nSPS) is 44.3. The molecular formula is C52H73N3O5. The molecule has 2 N–H and O–H groups in total. The smallest absolute Gasteiger partial charge is 0.309 e. The third-order valence-corrected chi connectivity index (χ3v) is 21.4. The number of rotatable bonds is 7. The molecule has 60 heavy (non-hydrogen) atoms. The average Bonchev–Trinajstić information content (AvgIpc) is 3.59. The predicted molar refractivity (Wildman–Crippen MR) is 232 cm³/mol. The van der Waals surface area contributed by atoms with Crippen LogP contribution in [0, 0.1) is 79.3 Å². The lowest BCUT2D eigenvalue weighted by Gasteiger charge is -2.73. The van der Waals surface area contributed by atoms with Crippen LogP contribution in [0.1, 0.15) is 164 Å². The van der Waals surface area contributed by atoms with Gasteiger partial charge < -0.3 is 19.7 Å². The summed E-state index contributed by atoms with van der Waals surface area (Å²) in [4.78, 5) is 52.2. The van der Waals surface area contributed by atoms with Gasteiger partial charge in [0.15, 0.2) is 0 Å². The number of aromatic nitrogens is 2. The standard InChI is InChI=1S/C52H73N3O5/c1-46(2)34(43(56)57)29-35(46)44(58)60-40-20-21-49(6)38(47(40,3)4)19-22-51(8)39(49)17-16-33-41-32(48(5)24-25-48)18-23-52(41,27-26-50(33,51)7)45(59)55-28-12-15-37(55)42-53-30-36(54-42)31-13-10-9-11-14-31/h9-11,13-14,30,32-35,37-41H,12,15-29H2,1-8H3,(H,53,54)(H,56,57)/t32-,33-,34?,35?,37+,38+,39-,40+,41-,49+,50-,51-,52+/m1/s1. The molecular weight excluding hydrogens is 747 g/mol. The van der Waals surface area contributed by atoms with Crippen molar-refractivity contribution in [3.05, 3.63) is 42.4 Å². The van der Waals surface area contributed by atoms with Gasteiger partial charge in [-0.05, 0) is 159 Å². The van der Waals surface area contributed by atoms with Crippen molar-refractivity contribution < 1.29 is 24.2 Å². The highest BCUT2D eigenvalue weighted by Gasteiger charge is 2.74. The fourth-order valence-corrected chi connectivity index (χ4v) is 17.3. The van der Waals surface area contributed by atoms with Crippen molar-refractivity contribution in [3.63, 3.8) is 0 Å². The number of nitrogens with zero attached hydrogens (tertiary/aromatic N) is 2. The number of carbonyl (C=O) groups is 3. The maximum Gasteiger partial charge on any atom is 0.309 e. The molecule has 1 aromatic carbocycles. The summed E-state index contributed by atoms with van der Waals surface area (Å²) in [6, 6.07) is 10.4. The van der Waals surface area contributed by atoms with Gasteiger partial charge in [0, 0.05) is 12.0 Å². The van der Waals surface area contributed by atoms with Gasteiger partial charge in [-0.25, -0.2) is 4.98 Å². The van der Waals surface area contributed by atoms with Crippen LogP contribution >= 0.6 is 0 Å². The van der Waals surface area contributed by atoms with Crippen LogP contribution in [0.4, 0.5) is 0 Å². The van der Waals surface area contributed by atoms with E-state index in [4.69, 9.17) is 9.72 Å². The summed E-state index contributed by atoms with van der Waals surface area (Å²) in [5.74, 6) is 2.16. The molecule has 1 aromatic heterocycles. The molecule has 8 aliphatic rings. The average molecular weight is 820 g/mol. The number of esters is 1. The first-order valence-corrected chi connectivity index (χ1v) is 24.2. The molecule has 8 nitrogen and oxygen atoms in total. The lowest BCUT2D eigenvalue weighted by atomic mass is 9.32. The number of carbonyl (C=O) groups excluding carboxylic acids is 2. The Bertz CT molecular complexity index is 2050. The Morgan fingerprint density at radius 1 is 0.750 bits per heavy atom. The van der Waals surface area contributed by atoms with E-state index >= 15 is 4.79 Å². The van der Waals surface area contributed by atoms with E-state index in [1.165, 1.54) is 38.5 Å². The van der Waals surface area contributed by atoms with E-state index in [2.05, 4.69) is 75.7 Å². The fraction of sp³-hybridized carbons (Fsp3) is 0.769. The van der Waals surface area contributed by atoms with E-state index in [0.29, 0.717) is 47.3 Å². The number of amides is 1. The van der Waals surface area contributed by atoms with Crippen molar-refractivity contribution >= 4 is 17.8 Å². The Labute approximate surface area is 359 Å². The maximum absolute atomic E-state index is 15.7. The second kappa shape index (κ2) is 13.4. The number of nitrogens with one attached hydrogen (secondary N) is 1. The van der Waals surface area contributed by atoms with Crippen molar-refractivity contribution in [2.75, 3.05) is 6.54 Å². The predicted octanol–water partition coefficient (Wildman–Crippen LogP) is 11.3. The lowest BCUT2D eigenvalue weighted by molar-refractivity contribution is -0.253. The van der Waals surface area contributed by atoms with Crippen LogP contribution in [0.2, 0.25) is 0 Å². The topological polar surface area (TPSA) is 113 Å². The molecule has 0 bridgehead atoms. The van der Waals surface area contributed by atoms with E-state index in [9.17, 15) is 14.7 Å². The van der Waals surface area contributed by atoms with Crippen molar-refractivity contribution in [3.8, 4) is 11.3 Å². The molecule has 2 unspecified atom stereocenters. The number of H-pyrrole nitrogens is 1. The van der Waals surface area contributed by atoms with Gasteiger partial charge in [0.2, 0.25) is 5.91 Å². The SMILES string of the molecule is CC1(C)C(C(=O)O)CC1C(=O)O[C@H]1CC[C@]2(C)[C@H]3CC[C@@H]4[C@H]5[C@H](C6(C)CC6)CC[C@]5(C(=O)N5CCC[C@H]5c5ncc(-c6ccccc6)[nH]5)CC[C@@]4(C)[C@]3(C)CC[C@H]2C1(C)C. The number of carboxylic acids is 1. The zero-order valence-corrected chi connectivity index (χ0v) is 37.9. The van der Waals surface area contributed by atoms with E-state index in [1.54, 1.807) is 0 Å². The van der Waals surface area contributed by atoms with E-state index < -0.39 is 17.3 Å². The summed E-state index contributed by atoms with van der Waals surface area (Å²) in [6.07, 6.45) is 17.9. The number of hydrogen-bond donors (Lipinski definition) is 2. The minimum atomic E-state index is -0.810. The minimum Gasteiger partial charge on any atom is -0.481 e. The molecule has 1 saturated heterocycles. The van der Waals surface area contributed by atoms with Gasteiger partial charge >= 0.3 is 11.9 Å². The Hall–Kier alpha value is -3.16. The molecule has 2 heterocycles. The van der Waals surface area contributed by atoms with Crippen LogP contribution < -0.4 is 0 Å².